The van der Waals surface area contributed by atoms with E-state index in [4.69, 9.17) is 4.74 Å². The lowest BCUT2D eigenvalue weighted by Gasteiger charge is -2.17. The molecule has 3 rings (SSSR count). The normalized spacial score (nSPS) is 15.1. The molecule has 3 nitrogen and oxygen atoms in total. The van der Waals surface area contributed by atoms with E-state index in [1.54, 1.807) is 13.0 Å². The summed E-state index contributed by atoms with van der Waals surface area (Å²) < 4.78 is 33.2. The van der Waals surface area contributed by atoms with Gasteiger partial charge in [-0.05, 0) is 61.1 Å². The van der Waals surface area contributed by atoms with Crippen molar-refractivity contribution in [1.82, 2.24) is 0 Å². The van der Waals surface area contributed by atoms with E-state index in [1.165, 1.54) is 30.3 Å². The lowest BCUT2D eigenvalue weighted by molar-refractivity contribution is -0.139. The Kier molecular flexibility index (Phi) is 4.51. The maximum Gasteiger partial charge on any atom is 0.311 e. The van der Waals surface area contributed by atoms with Gasteiger partial charge in [0.2, 0.25) is 0 Å². The number of aliphatic carboxylic acids is 1. The van der Waals surface area contributed by atoms with Crippen LogP contribution in [0.25, 0.3) is 11.1 Å². The molecule has 24 heavy (non-hydrogen) atoms. The number of hydrogen-bond acceptors (Lipinski definition) is 2. The summed E-state index contributed by atoms with van der Waals surface area (Å²) in [6.45, 7) is 2.02. The minimum Gasteiger partial charge on any atom is -0.490 e. The highest BCUT2D eigenvalue weighted by atomic mass is 19.1. The number of carboxylic acids is 1. The Morgan fingerprint density at radius 3 is 2.46 bits per heavy atom. The predicted molar refractivity (Wildman–Crippen MR) is 86.1 cm³/mol. The molecule has 1 saturated carbocycles. The molecule has 0 bridgehead atoms. The van der Waals surface area contributed by atoms with E-state index in [0.29, 0.717) is 16.7 Å². The van der Waals surface area contributed by atoms with Crippen molar-refractivity contribution in [3.63, 3.8) is 0 Å². The maximum atomic E-state index is 14.6. The van der Waals surface area contributed by atoms with E-state index >= 15 is 0 Å². The van der Waals surface area contributed by atoms with Gasteiger partial charge < -0.3 is 9.84 Å². The Labute approximate surface area is 138 Å². The summed E-state index contributed by atoms with van der Waals surface area (Å²) in [4.78, 5) is 11.6. The van der Waals surface area contributed by atoms with Crippen LogP contribution in [0.15, 0.2) is 36.4 Å². The second-order valence-electron chi connectivity index (χ2n) is 5.97. The van der Waals surface area contributed by atoms with Crippen LogP contribution in [0.5, 0.6) is 5.75 Å². The molecule has 1 N–H and O–H groups in total. The first-order chi connectivity index (χ1) is 11.5. The lowest BCUT2D eigenvalue weighted by atomic mass is 9.90. The summed E-state index contributed by atoms with van der Waals surface area (Å²) in [5.74, 6) is -2.57. The third-order valence-corrected chi connectivity index (χ3v) is 4.23. The van der Waals surface area contributed by atoms with Gasteiger partial charge in [0.25, 0.3) is 0 Å². The fraction of sp³-hybridized carbons (Fsp3) is 0.316. The average Bonchev–Trinajstić information content (AvgIpc) is 3.35. The molecule has 0 aliphatic heterocycles. The molecule has 2 aromatic carbocycles. The monoisotopic (exact) mass is 332 g/mol. The van der Waals surface area contributed by atoms with Crippen molar-refractivity contribution >= 4 is 5.97 Å². The van der Waals surface area contributed by atoms with Gasteiger partial charge in [0, 0.05) is 5.56 Å². The van der Waals surface area contributed by atoms with Crippen LogP contribution in [-0.2, 0) is 4.79 Å². The summed E-state index contributed by atoms with van der Waals surface area (Å²) in [5, 5.41) is 9.50. The molecule has 1 unspecified atom stereocenters. The second kappa shape index (κ2) is 6.59. The quantitative estimate of drug-likeness (QED) is 0.840. The second-order valence-corrected chi connectivity index (χ2v) is 5.97. The van der Waals surface area contributed by atoms with Crippen LogP contribution in [0.4, 0.5) is 8.78 Å². The topological polar surface area (TPSA) is 46.5 Å². The van der Waals surface area contributed by atoms with Gasteiger partial charge in [0.05, 0.1) is 12.5 Å². The van der Waals surface area contributed by atoms with Gasteiger partial charge in [0.15, 0.2) is 11.6 Å². The molecule has 1 atom stereocenters. The minimum absolute atomic E-state index is 0.0425. The van der Waals surface area contributed by atoms with Crippen molar-refractivity contribution in [1.29, 1.82) is 0 Å². The van der Waals surface area contributed by atoms with Gasteiger partial charge in [-0.1, -0.05) is 12.1 Å². The molecule has 0 heterocycles. The molecule has 2 aromatic rings. The molecular formula is C19H18F2O3. The largest absolute Gasteiger partial charge is 0.490 e. The van der Waals surface area contributed by atoms with Gasteiger partial charge in [0.1, 0.15) is 5.82 Å². The van der Waals surface area contributed by atoms with Crippen LogP contribution < -0.4 is 4.74 Å². The van der Waals surface area contributed by atoms with Crippen LogP contribution in [0.2, 0.25) is 0 Å². The number of ether oxygens (including phenoxy) is 1. The summed E-state index contributed by atoms with van der Waals surface area (Å²) in [5.41, 5.74) is 1.45. The van der Waals surface area contributed by atoms with Crippen LogP contribution >= 0.6 is 0 Å². The van der Waals surface area contributed by atoms with Gasteiger partial charge in [-0.2, -0.15) is 0 Å². The number of rotatable bonds is 6. The molecule has 1 fully saturated rings. The number of carboxylic acid groups (broad SMARTS) is 1. The van der Waals surface area contributed by atoms with Gasteiger partial charge in [-0.3, -0.25) is 4.79 Å². The lowest BCUT2D eigenvalue weighted by Crippen LogP contribution is -2.14. The van der Waals surface area contributed by atoms with Gasteiger partial charge >= 0.3 is 5.97 Å². The zero-order valence-electron chi connectivity index (χ0n) is 13.3. The molecule has 0 radical (unpaired) electrons. The van der Waals surface area contributed by atoms with E-state index in [2.05, 4.69) is 0 Å². The Morgan fingerprint density at radius 1 is 1.25 bits per heavy atom. The average molecular weight is 332 g/mol. The SMILES string of the molecule is CCOc1c(F)cc(C(C(=O)O)C2CC2)cc1-c1ccc(F)cc1. The Balaban J connectivity index is 2.13. The van der Waals surface area contributed by atoms with Crippen molar-refractivity contribution in [2.75, 3.05) is 6.61 Å². The van der Waals surface area contributed by atoms with Gasteiger partial charge in [-0.15, -0.1) is 0 Å². The predicted octanol–water partition coefficient (Wildman–Crippen LogP) is 4.61. The van der Waals surface area contributed by atoms with Crippen LogP contribution in [0, 0.1) is 17.6 Å². The van der Waals surface area contributed by atoms with E-state index < -0.39 is 23.5 Å². The Hall–Kier alpha value is -2.43. The van der Waals surface area contributed by atoms with Crippen LogP contribution in [0.3, 0.4) is 0 Å². The third-order valence-electron chi connectivity index (χ3n) is 4.23. The van der Waals surface area contributed by atoms with E-state index in [0.717, 1.165) is 12.8 Å². The Bertz CT molecular complexity index is 752. The smallest absolute Gasteiger partial charge is 0.311 e. The summed E-state index contributed by atoms with van der Waals surface area (Å²) >= 11 is 0. The zero-order valence-corrected chi connectivity index (χ0v) is 13.3. The van der Waals surface area contributed by atoms with Crippen LogP contribution in [0.1, 0.15) is 31.2 Å². The van der Waals surface area contributed by atoms with E-state index in [-0.39, 0.29) is 18.3 Å². The number of halogens is 2. The molecule has 1 aliphatic carbocycles. The summed E-state index contributed by atoms with van der Waals surface area (Å²) in [6, 6.07) is 8.52. The van der Waals surface area contributed by atoms with Crippen molar-refractivity contribution in [2.45, 2.75) is 25.7 Å². The maximum absolute atomic E-state index is 14.6. The van der Waals surface area contributed by atoms with Crippen molar-refractivity contribution in [3.05, 3.63) is 53.6 Å². The first-order valence-corrected chi connectivity index (χ1v) is 7.96. The number of carbonyl (C=O) groups is 1. The van der Waals surface area contributed by atoms with Crippen molar-refractivity contribution < 1.29 is 23.4 Å². The standard InChI is InChI=1S/C19H18F2O3/c1-2-24-18-15(11-5-7-14(20)8-6-11)9-13(10-16(18)21)17(19(22)23)12-3-4-12/h5-10,12,17H,2-4H2,1H3,(H,22,23). The van der Waals surface area contributed by atoms with Crippen molar-refractivity contribution in [3.8, 4) is 16.9 Å². The molecular weight excluding hydrogens is 314 g/mol. The highest BCUT2D eigenvalue weighted by Crippen LogP contribution is 2.45. The summed E-state index contributed by atoms with van der Waals surface area (Å²) in [6.07, 6.45) is 1.66. The highest BCUT2D eigenvalue weighted by molar-refractivity contribution is 5.79. The molecule has 0 saturated heterocycles. The third kappa shape index (κ3) is 3.25. The summed E-state index contributed by atoms with van der Waals surface area (Å²) in [7, 11) is 0. The number of benzene rings is 2. The fourth-order valence-electron chi connectivity index (χ4n) is 2.97. The first kappa shape index (κ1) is 16.4. The highest BCUT2D eigenvalue weighted by Gasteiger charge is 2.38. The van der Waals surface area contributed by atoms with E-state index in [9.17, 15) is 18.7 Å². The van der Waals surface area contributed by atoms with E-state index in [1.807, 2.05) is 0 Å². The molecule has 0 amide bonds. The minimum atomic E-state index is -0.953. The molecule has 126 valence electrons. The first-order valence-electron chi connectivity index (χ1n) is 7.96. The van der Waals surface area contributed by atoms with Crippen molar-refractivity contribution in [2.24, 2.45) is 5.92 Å². The zero-order chi connectivity index (χ0) is 17.3. The molecule has 5 heteroatoms. The van der Waals surface area contributed by atoms with Crippen LogP contribution in [-0.4, -0.2) is 17.7 Å². The molecule has 0 aromatic heterocycles. The fourth-order valence-corrected chi connectivity index (χ4v) is 2.97. The Morgan fingerprint density at radius 2 is 1.92 bits per heavy atom. The molecule has 0 spiro atoms. The van der Waals surface area contributed by atoms with Gasteiger partial charge in [-0.25, -0.2) is 8.78 Å². The molecule has 1 aliphatic rings. The number of hydrogen-bond donors (Lipinski definition) is 1.